The van der Waals surface area contributed by atoms with Gasteiger partial charge in [0.05, 0.1) is 16.0 Å². The summed E-state index contributed by atoms with van der Waals surface area (Å²) in [6, 6.07) is 10.8. The molecule has 0 aliphatic rings. The molecule has 124 valence electrons. The molecule has 0 aliphatic carbocycles. The third-order valence-corrected chi connectivity index (χ3v) is 6.15. The molecular formula is C16H11Cl3N2OS2. The number of fused-ring (bicyclic) bond motifs is 1. The normalized spacial score (nSPS) is 11.0. The number of carbonyl (C=O) groups excluding carboxylic acids is 1. The third kappa shape index (κ3) is 4.55. The highest BCUT2D eigenvalue weighted by molar-refractivity contribution is 8.01. The van der Waals surface area contributed by atoms with E-state index in [0.29, 0.717) is 27.4 Å². The van der Waals surface area contributed by atoms with Gasteiger partial charge in [-0.25, -0.2) is 4.98 Å². The molecular weight excluding hydrogens is 407 g/mol. The van der Waals surface area contributed by atoms with Crippen molar-refractivity contribution in [2.75, 3.05) is 5.75 Å². The minimum absolute atomic E-state index is 0.0803. The van der Waals surface area contributed by atoms with Crippen molar-refractivity contribution in [1.82, 2.24) is 10.3 Å². The van der Waals surface area contributed by atoms with Gasteiger partial charge in [-0.1, -0.05) is 52.6 Å². The van der Waals surface area contributed by atoms with Crippen LogP contribution in [0.15, 0.2) is 40.7 Å². The number of nitrogens with zero attached hydrogens (tertiary/aromatic N) is 1. The van der Waals surface area contributed by atoms with Crippen molar-refractivity contribution in [1.29, 1.82) is 0 Å². The number of nitrogens with one attached hydrogen (secondary N) is 1. The summed E-state index contributed by atoms with van der Waals surface area (Å²) in [5.41, 5.74) is 1.68. The third-order valence-electron chi connectivity index (χ3n) is 3.15. The van der Waals surface area contributed by atoms with Crippen molar-refractivity contribution in [3.05, 3.63) is 57.0 Å². The summed E-state index contributed by atoms with van der Waals surface area (Å²) in [6.07, 6.45) is 0. The molecule has 1 heterocycles. The summed E-state index contributed by atoms with van der Waals surface area (Å²) in [5.74, 6) is 0.210. The van der Waals surface area contributed by atoms with Gasteiger partial charge in [-0.15, -0.1) is 11.3 Å². The zero-order valence-electron chi connectivity index (χ0n) is 12.2. The van der Waals surface area contributed by atoms with E-state index in [9.17, 15) is 4.79 Å². The van der Waals surface area contributed by atoms with Crippen molar-refractivity contribution in [3.8, 4) is 0 Å². The Kier molecular flexibility index (Phi) is 5.89. The van der Waals surface area contributed by atoms with Crippen LogP contribution in [0.2, 0.25) is 15.1 Å². The number of halogens is 3. The monoisotopic (exact) mass is 416 g/mol. The summed E-state index contributed by atoms with van der Waals surface area (Å²) in [4.78, 5) is 16.5. The smallest absolute Gasteiger partial charge is 0.230 e. The number of amides is 1. The summed E-state index contributed by atoms with van der Waals surface area (Å²) in [7, 11) is 0. The van der Waals surface area contributed by atoms with Crippen LogP contribution in [0.5, 0.6) is 0 Å². The summed E-state index contributed by atoms with van der Waals surface area (Å²) < 4.78 is 1.89. The number of rotatable bonds is 5. The molecule has 0 fully saturated rings. The molecule has 0 atom stereocenters. The molecule has 0 unspecified atom stereocenters. The van der Waals surface area contributed by atoms with Gasteiger partial charge < -0.3 is 5.32 Å². The van der Waals surface area contributed by atoms with Gasteiger partial charge in [-0.3, -0.25) is 4.79 Å². The Balaban J connectivity index is 1.54. The lowest BCUT2D eigenvalue weighted by Crippen LogP contribution is -2.24. The van der Waals surface area contributed by atoms with Crippen molar-refractivity contribution >= 4 is 74.0 Å². The molecule has 2 aromatic carbocycles. The Morgan fingerprint density at radius 2 is 1.88 bits per heavy atom. The zero-order chi connectivity index (χ0) is 17.1. The quantitative estimate of drug-likeness (QED) is 0.544. The van der Waals surface area contributed by atoms with Crippen LogP contribution in [-0.2, 0) is 11.3 Å². The van der Waals surface area contributed by atoms with Gasteiger partial charge in [0.15, 0.2) is 4.34 Å². The lowest BCUT2D eigenvalue weighted by Gasteiger charge is -2.06. The van der Waals surface area contributed by atoms with Gasteiger partial charge in [0.2, 0.25) is 5.91 Å². The molecule has 3 nitrogen and oxygen atoms in total. The molecule has 8 heteroatoms. The fourth-order valence-corrected chi connectivity index (χ4v) is 4.50. The number of thiazole rings is 1. The molecule has 24 heavy (non-hydrogen) atoms. The Morgan fingerprint density at radius 1 is 1.12 bits per heavy atom. The van der Waals surface area contributed by atoms with Crippen LogP contribution < -0.4 is 5.32 Å². The molecule has 0 radical (unpaired) electrons. The zero-order valence-corrected chi connectivity index (χ0v) is 16.1. The van der Waals surface area contributed by atoms with Crippen LogP contribution in [0.3, 0.4) is 0 Å². The molecule has 3 rings (SSSR count). The van der Waals surface area contributed by atoms with E-state index < -0.39 is 0 Å². The van der Waals surface area contributed by atoms with Gasteiger partial charge >= 0.3 is 0 Å². The molecule has 1 amide bonds. The van der Waals surface area contributed by atoms with E-state index in [-0.39, 0.29) is 5.91 Å². The molecule has 1 N–H and O–H groups in total. The van der Waals surface area contributed by atoms with Crippen LogP contribution in [0.1, 0.15) is 5.56 Å². The number of aromatic nitrogens is 1. The van der Waals surface area contributed by atoms with Gasteiger partial charge in [0, 0.05) is 21.6 Å². The second-order valence-corrected chi connectivity index (χ2v) is 8.43. The first kappa shape index (κ1) is 17.8. The Labute approximate surface area is 162 Å². The summed E-state index contributed by atoms with van der Waals surface area (Å²) in [5, 5.41) is 4.61. The average molecular weight is 418 g/mol. The van der Waals surface area contributed by atoms with Crippen molar-refractivity contribution < 1.29 is 4.79 Å². The Bertz CT molecular complexity index is 898. The first-order valence-electron chi connectivity index (χ1n) is 6.91. The first-order chi connectivity index (χ1) is 11.5. The largest absolute Gasteiger partial charge is 0.351 e. The fraction of sp³-hybridized carbons (Fsp3) is 0.125. The molecule has 1 aromatic heterocycles. The SMILES string of the molecule is O=C(CSc1nc2cc(Cl)ccc2s1)NCc1ccc(Cl)cc1Cl. The maximum Gasteiger partial charge on any atom is 0.230 e. The lowest BCUT2D eigenvalue weighted by molar-refractivity contribution is -0.118. The maximum atomic E-state index is 12.0. The van der Waals surface area contributed by atoms with Gasteiger partial charge in [-0.05, 0) is 35.9 Å². The van der Waals surface area contributed by atoms with E-state index in [0.717, 1.165) is 20.1 Å². The van der Waals surface area contributed by atoms with E-state index in [1.807, 2.05) is 18.2 Å². The van der Waals surface area contributed by atoms with E-state index in [1.54, 1.807) is 29.5 Å². The van der Waals surface area contributed by atoms with Crippen LogP contribution in [0, 0.1) is 0 Å². The van der Waals surface area contributed by atoms with Crippen molar-refractivity contribution in [3.63, 3.8) is 0 Å². The molecule has 0 saturated carbocycles. The fourth-order valence-electron chi connectivity index (χ4n) is 1.98. The second kappa shape index (κ2) is 7.93. The highest BCUT2D eigenvalue weighted by Crippen LogP contribution is 2.30. The topological polar surface area (TPSA) is 42.0 Å². The van der Waals surface area contributed by atoms with Gasteiger partial charge in [0.1, 0.15) is 0 Å². The standard InChI is InChI=1S/C16H11Cl3N2OS2/c17-10-2-1-9(12(19)5-10)7-20-15(22)8-23-16-21-13-6-11(18)3-4-14(13)24-16/h1-6H,7-8H2,(H,20,22). The number of hydrogen-bond donors (Lipinski definition) is 1. The molecule has 0 bridgehead atoms. The predicted molar refractivity (Wildman–Crippen MR) is 104 cm³/mol. The van der Waals surface area contributed by atoms with Crippen LogP contribution in [0.4, 0.5) is 0 Å². The van der Waals surface area contributed by atoms with Gasteiger partial charge in [0.25, 0.3) is 0 Å². The lowest BCUT2D eigenvalue weighted by atomic mass is 10.2. The van der Waals surface area contributed by atoms with Crippen LogP contribution >= 0.6 is 57.9 Å². The van der Waals surface area contributed by atoms with Crippen molar-refractivity contribution in [2.45, 2.75) is 10.9 Å². The van der Waals surface area contributed by atoms with E-state index in [2.05, 4.69) is 10.3 Å². The van der Waals surface area contributed by atoms with Gasteiger partial charge in [-0.2, -0.15) is 0 Å². The predicted octanol–water partition coefficient (Wildman–Crippen LogP) is 5.67. The number of carbonyl (C=O) groups is 1. The van der Waals surface area contributed by atoms with E-state index in [4.69, 9.17) is 34.8 Å². The Hall–Kier alpha value is -0.980. The number of thioether (sulfide) groups is 1. The molecule has 3 aromatic rings. The highest BCUT2D eigenvalue weighted by Gasteiger charge is 2.09. The minimum atomic E-state index is -0.0803. The van der Waals surface area contributed by atoms with Crippen LogP contribution in [-0.4, -0.2) is 16.6 Å². The highest BCUT2D eigenvalue weighted by atomic mass is 35.5. The molecule has 0 saturated heterocycles. The second-order valence-electron chi connectivity index (χ2n) is 4.89. The summed E-state index contributed by atoms with van der Waals surface area (Å²) in [6.45, 7) is 0.366. The Morgan fingerprint density at radius 3 is 2.67 bits per heavy atom. The summed E-state index contributed by atoms with van der Waals surface area (Å²) >= 11 is 20.8. The first-order valence-corrected chi connectivity index (χ1v) is 9.84. The van der Waals surface area contributed by atoms with E-state index >= 15 is 0 Å². The van der Waals surface area contributed by atoms with Crippen LogP contribution in [0.25, 0.3) is 10.2 Å². The molecule has 0 aliphatic heterocycles. The number of hydrogen-bond acceptors (Lipinski definition) is 4. The van der Waals surface area contributed by atoms with Crippen molar-refractivity contribution in [2.24, 2.45) is 0 Å². The van der Waals surface area contributed by atoms with E-state index in [1.165, 1.54) is 11.8 Å². The maximum absolute atomic E-state index is 12.0. The number of benzene rings is 2. The average Bonchev–Trinajstić information content (AvgIpc) is 2.94. The minimum Gasteiger partial charge on any atom is -0.351 e. The molecule has 0 spiro atoms.